The van der Waals surface area contributed by atoms with E-state index in [-0.39, 0.29) is 5.91 Å². The van der Waals surface area contributed by atoms with Crippen molar-refractivity contribution in [1.82, 2.24) is 5.32 Å². The van der Waals surface area contributed by atoms with Gasteiger partial charge in [-0.05, 0) is 42.0 Å². The maximum absolute atomic E-state index is 12.0. The summed E-state index contributed by atoms with van der Waals surface area (Å²) in [6.07, 6.45) is 2.33. The number of nitrogens with one attached hydrogen (secondary N) is 1. The Morgan fingerprint density at radius 2 is 1.85 bits per heavy atom. The third kappa shape index (κ3) is 4.89. The lowest BCUT2D eigenvalue weighted by molar-refractivity contribution is -0.139. The van der Waals surface area contributed by atoms with Crippen LogP contribution in [-0.4, -0.2) is 35.0 Å². The molecule has 2 N–H and O–H groups in total. The topological polar surface area (TPSA) is 66.4 Å². The van der Waals surface area contributed by atoms with Gasteiger partial charge in [-0.15, -0.1) is 0 Å². The first-order valence-corrected chi connectivity index (χ1v) is 7.97. The molecule has 0 saturated heterocycles. The number of hydrogen-bond acceptors (Lipinski definition) is 3. The lowest BCUT2D eigenvalue weighted by Crippen LogP contribution is -2.41. The zero-order valence-corrected chi connectivity index (χ0v) is 12.9. The van der Waals surface area contributed by atoms with E-state index >= 15 is 0 Å². The maximum Gasteiger partial charge on any atom is 0.326 e. The second kappa shape index (κ2) is 7.94. The van der Waals surface area contributed by atoms with Crippen LogP contribution in [0.2, 0.25) is 0 Å². The molecule has 0 spiro atoms. The van der Waals surface area contributed by atoms with Crippen LogP contribution in [0, 0.1) is 0 Å². The number of hydrogen-bond donors (Lipinski definition) is 2. The summed E-state index contributed by atoms with van der Waals surface area (Å²) in [7, 11) is 0. The summed E-state index contributed by atoms with van der Waals surface area (Å²) in [5.74, 6) is -0.232. The lowest BCUT2D eigenvalue weighted by Gasteiger charge is -2.14. The Balaban J connectivity index is 2.70. The molecule has 1 rings (SSSR count). The van der Waals surface area contributed by atoms with Crippen molar-refractivity contribution in [3.05, 3.63) is 35.4 Å². The molecular weight excluding hydrogens is 274 g/mol. The van der Waals surface area contributed by atoms with E-state index in [1.165, 1.54) is 0 Å². The van der Waals surface area contributed by atoms with Crippen molar-refractivity contribution in [1.29, 1.82) is 0 Å². The minimum Gasteiger partial charge on any atom is -0.480 e. The molecule has 4 nitrogen and oxygen atoms in total. The first kappa shape index (κ1) is 16.6. The van der Waals surface area contributed by atoms with Crippen molar-refractivity contribution in [2.75, 3.05) is 12.0 Å². The summed E-state index contributed by atoms with van der Waals surface area (Å²) in [6, 6.07) is 6.44. The van der Waals surface area contributed by atoms with Crippen LogP contribution in [0.3, 0.4) is 0 Å². The fraction of sp³-hybridized carbons (Fsp3) is 0.467. The fourth-order valence-corrected chi connectivity index (χ4v) is 2.23. The molecule has 0 bridgehead atoms. The molecule has 0 heterocycles. The predicted octanol–water partition coefficient (Wildman–Crippen LogP) is 2.75. The van der Waals surface area contributed by atoms with Crippen LogP contribution in [-0.2, 0) is 4.79 Å². The molecule has 1 aromatic rings. The summed E-state index contributed by atoms with van der Waals surface area (Å²) in [4.78, 5) is 23.1. The Labute approximate surface area is 124 Å². The minimum atomic E-state index is -0.994. The quantitative estimate of drug-likeness (QED) is 0.811. The number of benzene rings is 1. The second-order valence-corrected chi connectivity index (χ2v) is 5.91. The number of aliphatic carboxylic acids is 1. The molecule has 1 unspecified atom stereocenters. The highest BCUT2D eigenvalue weighted by Gasteiger charge is 2.20. The Kier molecular flexibility index (Phi) is 6.58. The minimum absolute atomic E-state index is 0.339. The van der Waals surface area contributed by atoms with E-state index in [4.69, 9.17) is 5.11 Å². The van der Waals surface area contributed by atoms with Gasteiger partial charge in [0.15, 0.2) is 0 Å². The molecule has 0 radical (unpaired) electrons. The SMILES string of the molecule is CSCCC(NC(=O)c1ccc(C(C)C)cc1)C(=O)O. The maximum atomic E-state index is 12.0. The summed E-state index contributed by atoms with van der Waals surface area (Å²) in [6.45, 7) is 4.16. The van der Waals surface area contributed by atoms with Gasteiger partial charge in [0, 0.05) is 5.56 Å². The van der Waals surface area contributed by atoms with Gasteiger partial charge in [0.1, 0.15) is 6.04 Å². The first-order chi connectivity index (χ1) is 9.45. The smallest absolute Gasteiger partial charge is 0.326 e. The van der Waals surface area contributed by atoms with Crippen molar-refractivity contribution in [2.45, 2.75) is 32.2 Å². The van der Waals surface area contributed by atoms with E-state index in [9.17, 15) is 9.59 Å². The van der Waals surface area contributed by atoms with E-state index in [2.05, 4.69) is 19.2 Å². The zero-order valence-electron chi connectivity index (χ0n) is 12.1. The van der Waals surface area contributed by atoms with Gasteiger partial charge < -0.3 is 10.4 Å². The Hall–Kier alpha value is -1.49. The van der Waals surface area contributed by atoms with Crippen LogP contribution in [0.15, 0.2) is 24.3 Å². The summed E-state index contributed by atoms with van der Waals surface area (Å²) < 4.78 is 0. The van der Waals surface area contributed by atoms with Gasteiger partial charge in [0.05, 0.1) is 0 Å². The Morgan fingerprint density at radius 3 is 2.30 bits per heavy atom. The molecule has 0 fully saturated rings. The zero-order chi connectivity index (χ0) is 15.1. The summed E-state index contributed by atoms with van der Waals surface area (Å²) in [5.41, 5.74) is 1.64. The monoisotopic (exact) mass is 295 g/mol. The highest BCUT2D eigenvalue weighted by Crippen LogP contribution is 2.14. The van der Waals surface area contributed by atoms with Crippen LogP contribution in [0.1, 0.15) is 42.1 Å². The number of thioether (sulfide) groups is 1. The van der Waals surface area contributed by atoms with E-state index in [1.54, 1.807) is 23.9 Å². The van der Waals surface area contributed by atoms with Crippen molar-refractivity contribution in [3.63, 3.8) is 0 Å². The van der Waals surface area contributed by atoms with Crippen LogP contribution < -0.4 is 5.32 Å². The van der Waals surface area contributed by atoms with Gasteiger partial charge >= 0.3 is 5.97 Å². The Bertz CT molecular complexity index is 457. The molecule has 0 aliphatic heterocycles. The van der Waals surface area contributed by atoms with Gasteiger partial charge in [0.2, 0.25) is 0 Å². The van der Waals surface area contributed by atoms with E-state index in [1.807, 2.05) is 18.4 Å². The third-order valence-electron chi connectivity index (χ3n) is 3.05. The second-order valence-electron chi connectivity index (χ2n) is 4.92. The molecule has 0 aromatic heterocycles. The molecule has 0 aliphatic carbocycles. The number of carboxylic acids is 1. The van der Waals surface area contributed by atoms with E-state index < -0.39 is 12.0 Å². The van der Waals surface area contributed by atoms with Gasteiger partial charge in [0.25, 0.3) is 5.91 Å². The summed E-state index contributed by atoms with van der Waals surface area (Å²) in [5, 5.41) is 11.7. The standard InChI is InChI=1S/C15H21NO3S/c1-10(2)11-4-6-12(7-5-11)14(17)16-13(15(18)19)8-9-20-3/h4-7,10,13H,8-9H2,1-3H3,(H,16,17)(H,18,19). The highest BCUT2D eigenvalue weighted by molar-refractivity contribution is 7.98. The van der Waals surface area contributed by atoms with Crippen molar-refractivity contribution < 1.29 is 14.7 Å². The molecule has 0 saturated carbocycles. The molecule has 20 heavy (non-hydrogen) atoms. The molecular formula is C15H21NO3S. The largest absolute Gasteiger partial charge is 0.480 e. The van der Waals surface area contributed by atoms with Gasteiger partial charge in [-0.3, -0.25) is 4.79 Å². The molecule has 1 amide bonds. The van der Waals surface area contributed by atoms with E-state index in [0.717, 1.165) is 5.56 Å². The summed E-state index contributed by atoms with van der Waals surface area (Å²) >= 11 is 1.56. The molecule has 110 valence electrons. The number of carboxylic acid groups (broad SMARTS) is 1. The average Bonchev–Trinajstić information content (AvgIpc) is 2.42. The normalized spacial score (nSPS) is 12.2. The predicted molar refractivity (Wildman–Crippen MR) is 82.4 cm³/mol. The van der Waals surface area contributed by atoms with Crippen molar-refractivity contribution >= 4 is 23.6 Å². The number of carbonyl (C=O) groups is 2. The third-order valence-corrected chi connectivity index (χ3v) is 3.70. The average molecular weight is 295 g/mol. The molecule has 0 aliphatic rings. The highest BCUT2D eigenvalue weighted by atomic mass is 32.2. The number of carbonyl (C=O) groups excluding carboxylic acids is 1. The van der Waals surface area contributed by atoms with Crippen LogP contribution in [0.4, 0.5) is 0 Å². The van der Waals surface area contributed by atoms with Crippen LogP contribution in [0.25, 0.3) is 0 Å². The number of rotatable bonds is 7. The Morgan fingerprint density at radius 1 is 1.25 bits per heavy atom. The molecule has 1 atom stereocenters. The molecule has 5 heteroatoms. The van der Waals surface area contributed by atoms with Gasteiger partial charge in [-0.1, -0.05) is 26.0 Å². The van der Waals surface area contributed by atoms with Gasteiger partial charge in [-0.25, -0.2) is 4.79 Å². The van der Waals surface area contributed by atoms with Gasteiger partial charge in [-0.2, -0.15) is 11.8 Å². The van der Waals surface area contributed by atoms with Crippen molar-refractivity contribution in [3.8, 4) is 0 Å². The van der Waals surface area contributed by atoms with Crippen LogP contribution >= 0.6 is 11.8 Å². The molecule has 1 aromatic carbocycles. The van der Waals surface area contributed by atoms with E-state index in [0.29, 0.717) is 23.7 Å². The number of amides is 1. The van der Waals surface area contributed by atoms with Crippen LogP contribution in [0.5, 0.6) is 0 Å². The van der Waals surface area contributed by atoms with Crippen molar-refractivity contribution in [2.24, 2.45) is 0 Å². The lowest BCUT2D eigenvalue weighted by atomic mass is 10.0. The first-order valence-electron chi connectivity index (χ1n) is 6.58. The fourth-order valence-electron chi connectivity index (χ4n) is 1.75.